The minimum Gasteiger partial charge on any atom is -0.465 e. The van der Waals surface area contributed by atoms with E-state index in [1.807, 2.05) is 0 Å². The number of hydrogen-bond donors (Lipinski definition) is 1. The van der Waals surface area contributed by atoms with Crippen LogP contribution in [0.15, 0.2) is 29.2 Å². The molecule has 1 heterocycles. The van der Waals surface area contributed by atoms with E-state index in [9.17, 15) is 18.0 Å². The second-order valence-electron chi connectivity index (χ2n) is 6.62. The zero-order chi connectivity index (χ0) is 21.2. The van der Waals surface area contributed by atoms with Gasteiger partial charge in [-0.3, -0.25) is 4.79 Å². The SMILES string of the molecule is CCN(CC)S(=O)(=O)c1ccc(C(=O)Nc2sc3c(c2C(=O)OC)CCC3)cc1. The number of carbonyl (C=O) groups excluding carboxylic acids is 2. The normalized spacial score (nSPS) is 13.4. The van der Waals surface area contributed by atoms with Crippen molar-refractivity contribution in [3.05, 3.63) is 45.8 Å². The molecule has 0 fully saturated rings. The Morgan fingerprint density at radius 2 is 1.79 bits per heavy atom. The van der Waals surface area contributed by atoms with Gasteiger partial charge in [-0.1, -0.05) is 13.8 Å². The van der Waals surface area contributed by atoms with Gasteiger partial charge in [0.05, 0.1) is 17.6 Å². The zero-order valence-electron chi connectivity index (χ0n) is 16.6. The van der Waals surface area contributed by atoms with Gasteiger partial charge in [0, 0.05) is 23.5 Å². The van der Waals surface area contributed by atoms with E-state index in [1.165, 1.54) is 47.0 Å². The van der Waals surface area contributed by atoms with E-state index in [0.29, 0.717) is 29.2 Å². The van der Waals surface area contributed by atoms with Crippen molar-refractivity contribution in [3.63, 3.8) is 0 Å². The predicted octanol–water partition coefficient (Wildman–Crippen LogP) is 3.31. The lowest BCUT2D eigenvalue weighted by atomic mass is 10.1. The summed E-state index contributed by atoms with van der Waals surface area (Å²) in [6.07, 6.45) is 2.67. The number of thiophene rings is 1. The van der Waals surface area contributed by atoms with Crippen LogP contribution in [0.5, 0.6) is 0 Å². The molecule has 7 nitrogen and oxygen atoms in total. The van der Waals surface area contributed by atoms with Crippen LogP contribution < -0.4 is 5.32 Å². The molecule has 0 aliphatic heterocycles. The average molecular weight is 437 g/mol. The molecule has 0 spiro atoms. The number of anilines is 1. The fraction of sp³-hybridized carbons (Fsp3) is 0.400. The third-order valence-corrected chi connectivity index (χ3v) is 8.27. The lowest BCUT2D eigenvalue weighted by Crippen LogP contribution is -2.30. The Hall–Kier alpha value is -2.23. The Kier molecular flexibility index (Phi) is 6.40. The Labute approximate surface area is 174 Å². The second kappa shape index (κ2) is 8.64. The molecule has 0 radical (unpaired) electrons. The maximum Gasteiger partial charge on any atom is 0.341 e. The van der Waals surface area contributed by atoms with E-state index in [2.05, 4.69) is 5.32 Å². The van der Waals surface area contributed by atoms with Gasteiger partial charge in [0.25, 0.3) is 5.91 Å². The van der Waals surface area contributed by atoms with Gasteiger partial charge in [0.2, 0.25) is 10.0 Å². The number of fused-ring (bicyclic) bond motifs is 1. The van der Waals surface area contributed by atoms with Crippen molar-refractivity contribution in [2.24, 2.45) is 0 Å². The molecule has 1 aliphatic rings. The Morgan fingerprint density at radius 1 is 1.14 bits per heavy atom. The summed E-state index contributed by atoms with van der Waals surface area (Å²) in [4.78, 5) is 26.1. The molecule has 1 amide bonds. The van der Waals surface area contributed by atoms with Crippen molar-refractivity contribution < 1.29 is 22.7 Å². The van der Waals surface area contributed by atoms with Crippen molar-refractivity contribution >= 4 is 38.2 Å². The van der Waals surface area contributed by atoms with Crippen molar-refractivity contribution in [1.82, 2.24) is 4.31 Å². The molecule has 9 heteroatoms. The molecule has 0 bridgehead atoms. The number of benzene rings is 1. The van der Waals surface area contributed by atoms with Gasteiger partial charge in [-0.2, -0.15) is 4.31 Å². The first kappa shape index (κ1) is 21.5. The number of esters is 1. The summed E-state index contributed by atoms with van der Waals surface area (Å²) >= 11 is 1.40. The van der Waals surface area contributed by atoms with Gasteiger partial charge in [-0.05, 0) is 49.1 Å². The molecule has 29 heavy (non-hydrogen) atoms. The highest BCUT2D eigenvalue weighted by atomic mass is 32.2. The molecule has 3 rings (SSSR count). The molecular weight excluding hydrogens is 412 g/mol. The summed E-state index contributed by atoms with van der Waals surface area (Å²) in [6.45, 7) is 4.31. The molecular formula is C20H24N2O5S2. The molecule has 1 aromatic carbocycles. The van der Waals surface area contributed by atoms with Crippen LogP contribution in [-0.4, -0.2) is 44.8 Å². The molecule has 156 valence electrons. The first-order valence-corrected chi connectivity index (χ1v) is 11.7. The monoisotopic (exact) mass is 436 g/mol. The third-order valence-electron chi connectivity index (χ3n) is 5.00. The van der Waals surface area contributed by atoms with Crippen LogP contribution in [0.3, 0.4) is 0 Å². The highest BCUT2D eigenvalue weighted by Gasteiger charge is 2.28. The molecule has 1 N–H and O–H groups in total. The molecule has 1 aromatic heterocycles. The average Bonchev–Trinajstić information content (AvgIpc) is 3.29. The number of ether oxygens (including phenoxy) is 1. The number of carbonyl (C=O) groups is 2. The van der Waals surface area contributed by atoms with Gasteiger partial charge < -0.3 is 10.1 Å². The molecule has 0 saturated heterocycles. The first-order chi connectivity index (χ1) is 13.8. The number of nitrogens with one attached hydrogen (secondary N) is 1. The topological polar surface area (TPSA) is 92.8 Å². The minimum atomic E-state index is -3.58. The van der Waals surface area contributed by atoms with Gasteiger partial charge in [-0.25, -0.2) is 13.2 Å². The molecule has 0 unspecified atom stereocenters. The van der Waals surface area contributed by atoms with E-state index < -0.39 is 21.9 Å². The van der Waals surface area contributed by atoms with E-state index in [1.54, 1.807) is 13.8 Å². The maximum absolute atomic E-state index is 12.7. The Morgan fingerprint density at radius 3 is 2.38 bits per heavy atom. The van der Waals surface area contributed by atoms with E-state index >= 15 is 0 Å². The second-order valence-corrected chi connectivity index (χ2v) is 9.66. The van der Waals surface area contributed by atoms with Crippen LogP contribution in [0.2, 0.25) is 0 Å². The van der Waals surface area contributed by atoms with Gasteiger partial charge in [-0.15, -0.1) is 11.3 Å². The fourth-order valence-corrected chi connectivity index (χ4v) is 6.21. The fourth-order valence-electron chi connectivity index (χ4n) is 3.48. The number of sulfonamides is 1. The van der Waals surface area contributed by atoms with Crippen molar-refractivity contribution in [1.29, 1.82) is 0 Å². The van der Waals surface area contributed by atoms with Crippen molar-refractivity contribution in [2.45, 2.75) is 38.0 Å². The predicted molar refractivity (Wildman–Crippen MR) is 112 cm³/mol. The number of aryl methyl sites for hydroxylation is 1. The Bertz CT molecular complexity index is 1020. The van der Waals surface area contributed by atoms with E-state index in [0.717, 1.165) is 29.7 Å². The molecule has 2 aromatic rings. The standard InChI is InChI=1S/C20H24N2O5S2/c1-4-22(5-2)29(25,26)14-11-9-13(10-12-14)18(23)21-19-17(20(24)27-3)15-7-6-8-16(15)28-19/h9-12H,4-8H2,1-3H3,(H,21,23). The van der Waals surface area contributed by atoms with Crippen LogP contribution >= 0.6 is 11.3 Å². The van der Waals surface area contributed by atoms with Crippen LogP contribution in [0, 0.1) is 0 Å². The van der Waals surface area contributed by atoms with Crippen LogP contribution in [0.25, 0.3) is 0 Å². The lowest BCUT2D eigenvalue weighted by molar-refractivity contribution is 0.0601. The summed E-state index contributed by atoms with van der Waals surface area (Å²) < 4.78 is 31.4. The smallest absolute Gasteiger partial charge is 0.341 e. The quantitative estimate of drug-likeness (QED) is 0.672. The van der Waals surface area contributed by atoms with E-state index in [4.69, 9.17) is 4.74 Å². The zero-order valence-corrected chi connectivity index (χ0v) is 18.3. The highest BCUT2D eigenvalue weighted by Crippen LogP contribution is 2.39. The third kappa shape index (κ3) is 4.08. The van der Waals surface area contributed by atoms with Crippen molar-refractivity contribution in [2.75, 3.05) is 25.5 Å². The van der Waals surface area contributed by atoms with Gasteiger partial charge >= 0.3 is 5.97 Å². The number of rotatable bonds is 7. The van der Waals surface area contributed by atoms with E-state index in [-0.39, 0.29) is 4.90 Å². The number of amides is 1. The summed E-state index contributed by atoms with van der Waals surface area (Å²) in [7, 11) is -2.26. The number of hydrogen-bond acceptors (Lipinski definition) is 6. The van der Waals surface area contributed by atoms with Crippen LogP contribution in [0.1, 0.15) is 51.4 Å². The summed E-state index contributed by atoms with van der Waals surface area (Å²) in [6, 6.07) is 5.81. The Balaban J connectivity index is 1.83. The van der Waals surface area contributed by atoms with Gasteiger partial charge in [0.1, 0.15) is 5.00 Å². The van der Waals surface area contributed by atoms with Crippen LogP contribution in [0.4, 0.5) is 5.00 Å². The highest BCUT2D eigenvalue weighted by molar-refractivity contribution is 7.89. The molecule has 1 aliphatic carbocycles. The number of methoxy groups -OCH3 is 1. The summed E-state index contributed by atoms with van der Waals surface area (Å²) in [5.41, 5.74) is 1.70. The summed E-state index contributed by atoms with van der Waals surface area (Å²) in [5.74, 6) is -0.859. The largest absolute Gasteiger partial charge is 0.465 e. The number of nitrogens with zero attached hydrogens (tertiary/aromatic N) is 1. The van der Waals surface area contributed by atoms with Crippen molar-refractivity contribution in [3.8, 4) is 0 Å². The lowest BCUT2D eigenvalue weighted by Gasteiger charge is -2.18. The first-order valence-electron chi connectivity index (χ1n) is 9.47. The maximum atomic E-state index is 12.7. The summed E-state index contributed by atoms with van der Waals surface area (Å²) in [5, 5.41) is 3.27. The minimum absolute atomic E-state index is 0.142. The molecule has 0 saturated carbocycles. The van der Waals surface area contributed by atoms with Gasteiger partial charge in [0.15, 0.2) is 0 Å². The van der Waals surface area contributed by atoms with Crippen LogP contribution in [-0.2, 0) is 27.6 Å². The molecule has 0 atom stereocenters.